The predicted octanol–water partition coefficient (Wildman–Crippen LogP) is 2.63. The van der Waals surface area contributed by atoms with Crippen LogP contribution < -0.4 is 10.6 Å². The molecule has 2 unspecified atom stereocenters. The highest BCUT2D eigenvalue weighted by Crippen LogP contribution is 2.42. The zero-order chi connectivity index (χ0) is 18.4. The molecule has 6 nitrogen and oxygen atoms in total. The number of carboxylic acid groups (broad SMARTS) is 1. The summed E-state index contributed by atoms with van der Waals surface area (Å²) in [5, 5.41) is 14.5. The number of carboxylic acids is 1. The molecule has 1 aromatic carbocycles. The number of rotatable bonds is 7. The second kappa shape index (κ2) is 8.34. The van der Waals surface area contributed by atoms with Crippen LogP contribution in [0.5, 0.6) is 0 Å². The molecule has 1 aromatic rings. The van der Waals surface area contributed by atoms with Crippen LogP contribution in [0.2, 0.25) is 0 Å². The number of carbonyl (C=O) groups excluding carboxylic acids is 1. The lowest BCUT2D eigenvalue weighted by Crippen LogP contribution is -2.47. The van der Waals surface area contributed by atoms with E-state index in [4.69, 9.17) is 9.84 Å². The maximum Gasteiger partial charge on any atom is 0.326 e. The van der Waals surface area contributed by atoms with Gasteiger partial charge in [0.05, 0.1) is 0 Å². The molecular formula is C19H28N2O4. The van der Waals surface area contributed by atoms with E-state index in [9.17, 15) is 9.59 Å². The summed E-state index contributed by atoms with van der Waals surface area (Å²) < 4.78 is 4.88. The Labute approximate surface area is 149 Å². The molecule has 0 radical (unpaired) electrons. The fraction of sp³-hybridized carbons (Fsp3) is 0.579. The number of fused-ring (bicyclic) bond motifs is 1. The van der Waals surface area contributed by atoms with Gasteiger partial charge >= 0.3 is 12.0 Å². The quantitative estimate of drug-likeness (QED) is 0.707. The lowest BCUT2D eigenvalue weighted by atomic mass is 9.69. The van der Waals surface area contributed by atoms with Gasteiger partial charge in [0.25, 0.3) is 0 Å². The molecule has 0 bridgehead atoms. The number of carbonyl (C=O) groups is 2. The number of ether oxygens (including phenoxy) is 1. The average molecular weight is 348 g/mol. The Bertz CT molecular complexity index is 615. The van der Waals surface area contributed by atoms with Crippen molar-refractivity contribution in [2.45, 2.75) is 50.5 Å². The molecule has 0 saturated heterocycles. The number of urea groups is 1. The van der Waals surface area contributed by atoms with E-state index in [0.29, 0.717) is 6.54 Å². The highest BCUT2D eigenvalue weighted by Gasteiger charge is 2.32. The standard InChI is InChI=1S/C19H28N2O4/c1-19(2)10-8-13(14-6-4-5-7-15(14)19)12-20-18(24)21-16(17(22)23)9-11-25-3/h4-7,13,16H,8-12H2,1-3H3,(H,22,23)(H2,20,21,24). The summed E-state index contributed by atoms with van der Waals surface area (Å²) in [4.78, 5) is 23.3. The van der Waals surface area contributed by atoms with Gasteiger partial charge in [0.1, 0.15) is 6.04 Å². The van der Waals surface area contributed by atoms with E-state index in [-0.39, 0.29) is 24.4 Å². The van der Waals surface area contributed by atoms with Gasteiger partial charge in [0, 0.05) is 32.6 Å². The minimum absolute atomic E-state index is 0.143. The van der Waals surface area contributed by atoms with E-state index in [1.54, 1.807) is 0 Å². The Morgan fingerprint density at radius 3 is 2.76 bits per heavy atom. The summed E-state index contributed by atoms with van der Waals surface area (Å²) in [6, 6.07) is 6.96. The van der Waals surface area contributed by atoms with Gasteiger partial charge in [0.15, 0.2) is 0 Å². The van der Waals surface area contributed by atoms with Gasteiger partial charge in [-0.25, -0.2) is 9.59 Å². The molecule has 1 aliphatic rings. The topological polar surface area (TPSA) is 87.7 Å². The van der Waals surface area contributed by atoms with Crippen LogP contribution in [0.1, 0.15) is 50.2 Å². The van der Waals surface area contributed by atoms with E-state index in [1.165, 1.54) is 18.2 Å². The SMILES string of the molecule is COCCC(NC(=O)NCC1CCC(C)(C)c2ccccc21)C(=O)O. The van der Waals surface area contributed by atoms with Crippen molar-refractivity contribution in [2.24, 2.45) is 0 Å². The maximum atomic E-state index is 12.1. The molecule has 0 heterocycles. The number of hydrogen-bond acceptors (Lipinski definition) is 3. The van der Waals surface area contributed by atoms with Gasteiger partial charge in [-0.05, 0) is 29.4 Å². The Hall–Kier alpha value is -2.08. The molecule has 1 aliphatic carbocycles. The second-order valence-corrected chi connectivity index (χ2v) is 7.23. The number of hydrogen-bond donors (Lipinski definition) is 3. The summed E-state index contributed by atoms with van der Waals surface area (Å²) in [6.45, 7) is 5.27. The first-order valence-electron chi connectivity index (χ1n) is 8.70. The number of aliphatic carboxylic acids is 1. The molecule has 0 aromatic heterocycles. The lowest BCUT2D eigenvalue weighted by molar-refractivity contribution is -0.139. The normalized spacial score (nSPS) is 19.6. The monoisotopic (exact) mass is 348 g/mol. The van der Waals surface area contributed by atoms with Crippen molar-refractivity contribution in [1.82, 2.24) is 10.6 Å². The van der Waals surface area contributed by atoms with Gasteiger partial charge in [-0.2, -0.15) is 0 Å². The molecule has 2 rings (SSSR count). The molecule has 0 fully saturated rings. The Balaban J connectivity index is 1.95. The average Bonchev–Trinajstić information content (AvgIpc) is 2.58. The highest BCUT2D eigenvalue weighted by atomic mass is 16.5. The maximum absolute atomic E-state index is 12.1. The zero-order valence-corrected chi connectivity index (χ0v) is 15.2. The molecule has 2 amide bonds. The highest BCUT2D eigenvalue weighted by molar-refractivity contribution is 5.82. The van der Waals surface area contributed by atoms with Gasteiger partial charge in [-0.3, -0.25) is 0 Å². The number of amides is 2. The zero-order valence-electron chi connectivity index (χ0n) is 15.2. The first-order valence-corrected chi connectivity index (χ1v) is 8.70. The van der Waals surface area contributed by atoms with Crippen molar-refractivity contribution in [3.05, 3.63) is 35.4 Å². The number of methoxy groups -OCH3 is 1. The van der Waals surface area contributed by atoms with Gasteiger partial charge in [0.2, 0.25) is 0 Å². The minimum atomic E-state index is -1.06. The Morgan fingerprint density at radius 2 is 2.08 bits per heavy atom. The molecule has 25 heavy (non-hydrogen) atoms. The molecule has 138 valence electrons. The van der Waals surface area contributed by atoms with Crippen LogP contribution in [-0.2, 0) is 14.9 Å². The molecule has 3 N–H and O–H groups in total. The second-order valence-electron chi connectivity index (χ2n) is 7.23. The van der Waals surface area contributed by atoms with Crippen LogP contribution in [-0.4, -0.2) is 43.4 Å². The molecule has 0 aliphatic heterocycles. The van der Waals surface area contributed by atoms with Crippen LogP contribution in [0.25, 0.3) is 0 Å². The van der Waals surface area contributed by atoms with E-state index >= 15 is 0 Å². The lowest BCUT2D eigenvalue weighted by Gasteiger charge is -2.37. The first kappa shape index (κ1) is 19.2. The summed E-state index contributed by atoms with van der Waals surface area (Å²) in [5.74, 6) is -0.811. The van der Waals surface area contributed by atoms with Crippen molar-refractivity contribution >= 4 is 12.0 Å². The molecule has 6 heteroatoms. The van der Waals surface area contributed by atoms with Crippen LogP contribution in [0.15, 0.2) is 24.3 Å². The molecular weight excluding hydrogens is 320 g/mol. The predicted molar refractivity (Wildman–Crippen MR) is 95.9 cm³/mol. The summed E-state index contributed by atoms with van der Waals surface area (Å²) in [7, 11) is 1.50. The van der Waals surface area contributed by atoms with Crippen LogP contribution in [0.3, 0.4) is 0 Å². The van der Waals surface area contributed by atoms with Crippen molar-refractivity contribution < 1.29 is 19.4 Å². The molecule has 0 saturated carbocycles. The third-order valence-electron chi connectivity index (χ3n) is 4.97. The van der Waals surface area contributed by atoms with Gasteiger partial charge in [-0.15, -0.1) is 0 Å². The number of nitrogens with one attached hydrogen (secondary N) is 2. The third-order valence-corrected chi connectivity index (χ3v) is 4.97. The van der Waals surface area contributed by atoms with Crippen molar-refractivity contribution in [3.8, 4) is 0 Å². The van der Waals surface area contributed by atoms with E-state index in [0.717, 1.165) is 12.8 Å². The number of benzene rings is 1. The van der Waals surface area contributed by atoms with Crippen LogP contribution >= 0.6 is 0 Å². The van der Waals surface area contributed by atoms with E-state index in [2.05, 4.69) is 42.7 Å². The largest absolute Gasteiger partial charge is 0.480 e. The Kier molecular flexibility index (Phi) is 6.42. The smallest absolute Gasteiger partial charge is 0.326 e. The molecule has 2 atom stereocenters. The minimum Gasteiger partial charge on any atom is -0.480 e. The van der Waals surface area contributed by atoms with E-state index in [1.807, 2.05) is 6.07 Å². The fourth-order valence-corrected chi connectivity index (χ4v) is 3.42. The summed E-state index contributed by atoms with van der Waals surface area (Å²) in [6.07, 6.45) is 2.29. The molecule has 0 spiro atoms. The summed E-state index contributed by atoms with van der Waals surface area (Å²) in [5.41, 5.74) is 2.74. The summed E-state index contributed by atoms with van der Waals surface area (Å²) >= 11 is 0. The van der Waals surface area contributed by atoms with Crippen LogP contribution in [0.4, 0.5) is 4.79 Å². The van der Waals surface area contributed by atoms with E-state index < -0.39 is 18.0 Å². The van der Waals surface area contributed by atoms with Crippen LogP contribution in [0, 0.1) is 0 Å². The first-order chi connectivity index (χ1) is 11.8. The van der Waals surface area contributed by atoms with Crippen molar-refractivity contribution in [3.63, 3.8) is 0 Å². The van der Waals surface area contributed by atoms with Crippen molar-refractivity contribution in [2.75, 3.05) is 20.3 Å². The third kappa shape index (κ3) is 4.95. The van der Waals surface area contributed by atoms with Gasteiger partial charge < -0.3 is 20.5 Å². The van der Waals surface area contributed by atoms with Gasteiger partial charge in [-0.1, -0.05) is 38.1 Å². The fourth-order valence-electron chi connectivity index (χ4n) is 3.42. The van der Waals surface area contributed by atoms with Crippen molar-refractivity contribution in [1.29, 1.82) is 0 Å². The Morgan fingerprint density at radius 1 is 1.36 bits per heavy atom.